The summed E-state index contributed by atoms with van der Waals surface area (Å²) in [5.41, 5.74) is 0. The number of sulfonamides is 1. The van der Waals surface area contributed by atoms with Gasteiger partial charge in [-0.3, -0.25) is 9.59 Å². The second kappa shape index (κ2) is 12.8. The van der Waals surface area contributed by atoms with Crippen LogP contribution in [-0.2, 0) is 19.6 Å². The van der Waals surface area contributed by atoms with Crippen LogP contribution in [0.15, 0.2) is 23.1 Å². The molecule has 1 aromatic rings. The van der Waals surface area contributed by atoms with Crippen molar-refractivity contribution in [2.75, 3.05) is 32.8 Å². The molecule has 0 spiro atoms. The van der Waals surface area contributed by atoms with Crippen LogP contribution in [0.2, 0.25) is 0 Å². The van der Waals surface area contributed by atoms with Crippen LogP contribution in [0, 0.1) is 5.92 Å². The number of nitrogens with one attached hydrogen (secondary N) is 3. The van der Waals surface area contributed by atoms with E-state index in [0.717, 1.165) is 32.1 Å². The van der Waals surface area contributed by atoms with Crippen LogP contribution in [0.4, 0.5) is 0 Å². The van der Waals surface area contributed by atoms with Gasteiger partial charge in [-0.25, -0.2) is 13.1 Å². The first-order valence-electron chi connectivity index (χ1n) is 11.9. The molecule has 1 aromatic carbocycles. The Balaban J connectivity index is 1.23. The maximum atomic E-state index is 12.5. The maximum Gasteiger partial charge on any atom is 0.240 e. The van der Waals surface area contributed by atoms with Gasteiger partial charge >= 0.3 is 0 Å². The smallest absolute Gasteiger partial charge is 0.240 e. The molecular formula is C23H35N3O6S. The molecule has 2 aliphatic rings. The molecule has 1 heterocycles. The molecule has 33 heavy (non-hydrogen) atoms. The van der Waals surface area contributed by atoms with E-state index in [-0.39, 0.29) is 22.6 Å². The fourth-order valence-corrected chi connectivity index (χ4v) is 5.14. The average molecular weight is 482 g/mol. The highest BCUT2D eigenvalue weighted by Gasteiger charge is 2.21. The molecule has 0 aromatic heterocycles. The lowest BCUT2D eigenvalue weighted by Crippen LogP contribution is -2.38. The van der Waals surface area contributed by atoms with Gasteiger partial charge in [0.05, 0.1) is 4.90 Å². The zero-order valence-corrected chi connectivity index (χ0v) is 19.9. The first kappa shape index (κ1) is 25.3. The van der Waals surface area contributed by atoms with E-state index >= 15 is 0 Å². The van der Waals surface area contributed by atoms with E-state index in [0.29, 0.717) is 63.6 Å². The second-order valence-corrected chi connectivity index (χ2v) is 10.3. The molecule has 1 aliphatic heterocycles. The van der Waals surface area contributed by atoms with E-state index in [1.54, 1.807) is 6.07 Å². The summed E-state index contributed by atoms with van der Waals surface area (Å²) in [5, 5.41) is 5.72. The van der Waals surface area contributed by atoms with Gasteiger partial charge < -0.3 is 20.1 Å². The third-order valence-electron chi connectivity index (χ3n) is 5.92. The summed E-state index contributed by atoms with van der Waals surface area (Å²) in [5.74, 6) is 1.15. The highest BCUT2D eigenvalue weighted by atomic mass is 32.2. The number of ether oxygens (including phenoxy) is 2. The largest absolute Gasteiger partial charge is 0.486 e. The summed E-state index contributed by atoms with van der Waals surface area (Å²) in [6, 6.07) is 4.57. The fourth-order valence-electron chi connectivity index (χ4n) is 4.05. The number of benzene rings is 1. The summed E-state index contributed by atoms with van der Waals surface area (Å²) in [6.07, 6.45) is 7.80. The lowest BCUT2D eigenvalue weighted by molar-refractivity contribution is -0.126. The van der Waals surface area contributed by atoms with Gasteiger partial charge in [0.25, 0.3) is 0 Å². The quantitative estimate of drug-likeness (QED) is 0.393. The van der Waals surface area contributed by atoms with Gasteiger partial charge in [0.1, 0.15) is 13.2 Å². The van der Waals surface area contributed by atoms with E-state index in [1.807, 2.05) is 0 Å². The predicted octanol–water partition coefficient (Wildman–Crippen LogP) is 2.11. The van der Waals surface area contributed by atoms with Gasteiger partial charge in [0.15, 0.2) is 11.5 Å². The predicted molar refractivity (Wildman–Crippen MR) is 124 cm³/mol. The lowest BCUT2D eigenvalue weighted by atomic mass is 9.89. The Morgan fingerprint density at radius 2 is 1.61 bits per heavy atom. The van der Waals surface area contributed by atoms with Crippen LogP contribution in [0.1, 0.15) is 57.8 Å². The van der Waals surface area contributed by atoms with Crippen molar-refractivity contribution in [3.8, 4) is 11.5 Å². The van der Waals surface area contributed by atoms with Crippen molar-refractivity contribution in [3.63, 3.8) is 0 Å². The van der Waals surface area contributed by atoms with E-state index in [2.05, 4.69) is 15.4 Å². The van der Waals surface area contributed by atoms with Crippen LogP contribution in [-0.4, -0.2) is 53.1 Å². The number of hydrogen-bond donors (Lipinski definition) is 3. The van der Waals surface area contributed by atoms with E-state index in [9.17, 15) is 18.0 Å². The SMILES string of the molecule is O=C(CCCCCNS(=O)(=O)c1ccc2c(c1)OCCO2)NCCNC(=O)C1CCCCC1. The van der Waals surface area contributed by atoms with Crippen LogP contribution >= 0.6 is 0 Å². The lowest BCUT2D eigenvalue weighted by Gasteiger charge is -2.20. The molecule has 0 atom stereocenters. The molecule has 1 fully saturated rings. The Labute approximate surface area is 196 Å². The van der Waals surface area contributed by atoms with Crippen molar-refractivity contribution < 1.29 is 27.5 Å². The highest BCUT2D eigenvalue weighted by molar-refractivity contribution is 7.89. The zero-order valence-electron chi connectivity index (χ0n) is 19.1. The standard InChI is InChI=1S/C23H35N3O6S/c27-22(24-13-14-25-23(28)18-7-3-1-4-8-18)9-5-2-6-12-26-33(29,30)19-10-11-20-21(17-19)32-16-15-31-20/h10-11,17-18,26H,1-9,12-16H2,(H,24,27)(H,25,28). The Hall–Kier alpha value is -2.33. The minimum atomic E-state index is -3.63. The summed E-state index contributed by atoms with van der Waals surface area (Å²) in [4.78, 5) is 24.1. The molecule has 2 amide bonds. The molecule has 184 valence electrons. The van der Waals surface area contributed by atoms with Gasteiger partial charge in [-0.05, 0) is 37.8 Å². The van der Waals surface area contributed by atoms with Crippen molar-refractivity contribution in [2.24, 2.45) is 5.92 Å². The maximum absolute atomic E-state index is 12.5. The number of fused-ring (bicyclic) bond motifs is 1. The first-order valence-corrected chi connectivity index (χ1v) is 13.4. The van der Waals surface area contributed by atoms with E-state index in [1.165, 1.54) is 18.6 Å². The van der Waals surface area contributed by atoms with Crippen LogP contribution in [0.5, 0.6) is 11.5 Å². The van der Waals surface area contributed by atoms with Crippen molar-refractivity contribution >= 4 is 21.8 Å². The highest BCUT2D eigenvalue weighted by Crippen LogP contribution is 2.32. The number of amides is 2. The summed E-state index contributed by atoms with van der Waals surface area (Å²) in [6.45, 7) is 2.01. The van der Waals surface area contributed by atoms with Crippen molar-refractivity contribution in [1.29, 1.82) is 0 Å². The minimum Gasteiger partial charge on any atom is -0.486 e. The summed E-state index contributed by atoms with van der Waals surface area (Å²) < 4.78 is 38.3. The number of rotatable bonds is 12. The Morgan fingerprint density at radius 1 is 0.879 bits per heavy atom. The Kier molecular flexibility index (Phi) is 9.80. The number of carbonyl (C=O) groups excluding carboxylic acids is 2. The van der Waals surface area contributed by atoms with Gasteiger partial charge in [-0.2, -0.15) is 0 Å². The molecule has 0 unspecified atom stereocenters. The molecule has 0 radical (unpaired) electrons. The molecule has 3 rings (SSSR count). The second-order valence-electron chi connectivity index (χ2n) is 8.49. The number of hydrogen-bond acceptors (Lipinski definition) is 6. The molecule has 3 N–H and O–H groups in total. The van der Waals surface area contributed by atoms with Gasteiger partial charge in [0.2, 0.25) is 21.8 Å². The number of unbranched alkanes of at least 4 members (excludes halogenated alkanes) is 2. The third-order valence-corrected chi connectivity index (χ3v) is 7.38. The first-order chi connectivity index (χ1) is 16.0. The molecule has 1 aliphatic carbocycles. The topological polar surface area (TPSA) is 123 Å². The molecule has 0 bridgehead atoms. The molecule has 10 heteroatoms. The summed E-state index contributed by atoms with van der Waals surface area (Å²) in [7, 11) is -3.63. The van der Waals surface area contributed by atoms with Gasteiger partial charge in [-0.15, -0.1) is 0 Å². The summed E-state index contributed by atoms with van der Waals surface area (Å²) >= 11 is 0. The zero-order chi connectivity index (χ0) is 23.5. The third kappa shape index (κ3) is 8.19. The van der Waals surface area contributed by atoms with Gasteiger partial charge in [0, 0.05) is 38.0 Å². The minimum absolute atomic E-state index is 0.0567. The Morgan fingerprint density at radius 3 is 2.39 bits per heavy atom. The van der Waals surface area contributed by atoms with Crippen LogP contribution in [0.3, 0.4) is 0 Å². The van der Waals surface area contributed by atoms with Crippen LogP contribution < -0.4 is 24.8 Å². The van der Waals surface area contributed by atoms with Crippen LogP contribution in [0.25, 0.3) is 0 Å². The molecule has 1 saturated carbocycles. The monoisotopic (exact) mass is 481 g/mol. The van der Waals surface area contributed by atoms with Crippen molar-refractivity contribution in [3.05, 3.63) is 18.2 Å². The molecule has 9 nitrogen and oxygen atoms in total. The van der Waals surface area contributed by atoms with Crippen molar-refractivity contribution in [1.82, 2.24) is 15.4 Å². The number of carbonyl (C=O) groups is 2. The van der Waals surface area contributed by atoms with E-state index < -0.39 is 10.0 Å². The average Bonchev–Trinajstić information content (AvgIpc) is 2.84. The fraction of sp³-hybridized carbons (Fsp3) is 0.652. The van der Waals surface area contributed by atoms with E-state index in [4.69, 9.17) is 9.47 Å². The normalized spacial score (nSPS) is 16.2. The molecular weight excluding hydrogens is 446 g/mol. The van der Waals surface area contributed by atoms with Crippen molar-refractivity contribution in [2.45, 2.75) is 62.7 Å². The Bertz CT molecular complexity index is 899. The van der Waals surface area contributed by atoms with Gasteiger partial charge in [-0.1, -0.05) is 25.7 Å². The molecule has 0 saturated heterocycles.